The Labute approximate surface area is 235 Å². The molecule has 0 aromatic carbocycles. The van der Waals surface area contributed by atoms with Gasteiger partial charge in [0.15, 0.2) is 47.1 Å². The molecule has 2 aliphatic heterocycles. The lowest BCUT2D eigenvalue weighted by Gasteiger charge is -2.25. The lowest BCUT2D eigenvalue weighted by Crippen LogP contribution is -2.33. The van der Waals surface area contributed by atoms with Crippen molar-refractivity contribution in [2.75, 3.05) is 18.9 Å². The number of aromatic nitrogens is 9. The van der Waals surface area contributed by atoms with Crippen molar-refractivity contribution in [1.29, 1.82) is 0 Å². The molecule has 6 heterocycles. The van der Waals surface area contributed by atoms with Gasteiger partial charge in [0.25, 0.3) is 11.1 Å². The van der Waals surface area contributed by atoms with Gasteiger partial charge in [0.1, 0.15) is 24.4 Å². The van der Waals surface area contributed by atoms with E-state index in [4.69, 9.17) is 24.3 Å². The number of anilines is 1. The molecule has 0 aliphatic carbocycles. The number of H-pyrrole nitrogens is 2. The monoisotopic (exact) mass is 634 g/mol. The highest BCUT2D eigenvalue weighted by atomic mass is 32.7. The van der Waals surface area contributed by atoms with Gasteiger partial charge < -0.3 is 30.4 Å². The van der Waals surface area contributed by atoms with Crippen LogP contribution in [0.3, 0.4) is 0 Å². The van der Waals surface area contributed by atoms with Crippen LogP contribution in [-0.4, -0.2) is 105 Å². The van der Waals surface area contributed by atoms with Crippen molar-refractivity contribution in [2.45, 2.75) is 49.2 Å². The van der Waals surface area contributed by atoms with Crippen molar-refractivity contribution in [3.8, 4) is 0 Å². The highest BCUT2D eigenvalue weighted by molar-refractivity contribution is 8.44. The molecule has 2 saturated heterocycles. The topological polar surface area (TPSA) is 260 Å². The summed E-state index contributed by atoms with van der Waals surface area (Å²) in [7, 11) is 0. The number of nitrogen functional groups attached to an aromatic ring is 1. The molecule has 226 valence electrons. The van der Waals surface area contributed by atoms with Crippen LogP contribution in [-0.2, 0) is 23.1 Å². The minimum absolute atomic E-state index is 0.116. The van der Waals surface area contributed by atoms with E-state index in [2.05, 4.69) is 47.5 Å². The number of hydrogen-bond donors (Lipinski definition) is 6. The zero-order chi connectivity index (χ0) is 29.9. The maximum absolute atomic E-state index is 15.3. The SMILES string of the molecule is Nc1nc2c(ncn2[C@@H]2O[C@H](CO)[C@@H](F)[C@H]2OP(=O)(S)OC[C@H]2O[C@@H](n3nnc4c(=O)[nH]cnc43)[C@@H](F)[C@@H]2O)c(=O)[nH]1. The predicted molar refractivity (Wildman–Crippen MR) is 137 cm³/mol. The first-order chi connectivity index (χ1) is 20.0. The molecule has 19 nitrogen and oxygen atoms in total. The van der Waals surface area contributed by atoms with Crippen LogP contribution in [0.25, 0.3) is 22.3 Å². The van der Waals surface area contributed by atoms with Crippen molar-refractivity contribution >= 4 is 47.3 Å². The third-order valence-corrected chi connectivity index (χ3v) is 8.24. The minimum atomic E-state index is -4.52. The van der Waals surface area contributed by atoms with Crippen LogP contribution in [0, 0.1) is 0 Å². The van der Waals surface area contributed by atoms with Crippen molar-refractivity contribution in [2.24, 2.45) is 0 Å². The number of aliphatic hydroxyl groups excluding tert-OH is 2. The van der Waals surface area contributed by atoms with Gasteiger partial charge in [-0.05, 0) is 0 Å². The number of aromatic amines is 2. The van der Waals surface area contributed by atoms with E-state index in [0.29, 0.717) is 0 Å². The minimum Gasteiger partial charge on any atom is -0.394 e. The van der Waals surface area contributed by atoms with E-state index < -0.39 is 80.3 Å². The summed E-state index contributed by atoms with van der Waals surface area (Å²) in [5.74, 6) is -0.274. The predicted octanol–water partition coefficient (Wildman–Crippen LogP) is -1.51. The lowest BCUT2D eigenvalue weighted by molar-refractivity contribution is -0.0554. The second-order valence-electron chi connectivity index (χ2n) is 9.24. The Morgan fingerprint density at radius 2 is 1.88 bits per heavy atom. The fraction of sp³-hybridized carbons (Fsp3) is 0.526. The number of ether oxygens (including phenoxy) is 2. The number of thiol groups is 1. The third-order valence-electron chi connectivity index (χ3n) is 6.63. The molecular weight excluding hydrogens is 613 g/mol. The van der Waals surface area contributed by atoms with Crippen LogP contribution in [0.5, 0.6) is 0 Å². The Balaban J connectivity index is 1.19. The van der Waals surface area contributed by atoms with Gasteiger partial charge >= 0.3 is 6.80 Å². The molecule has 1 unspecified atom stereocenters. The number of aliphatic hydroxyl groups is 2. The van der Waals surface area contributed by atoms with E-state index in [1.807, 2.05) is 0 Å². The van der Waals surface area contributed by atoms with Crippen LogP contribution in [0.4, 0.5) is 14.7 Å². The van der Waals surface area contributed by atoms with Gasteiger partial charge in [-0.15, -0.1) is 5.10 Å². The molecule has 2 aliphatic rings. The molecule has 23 heteroatoms. The summed E-state index contributed by atoms with van der Waals surface area (Å²) in [4.78, 5) is 40.4. The van der Waals surface area contributed by atoms with Crippen molar-refractivity contribution in [1.82, 2.24) is 44.5 Å². The van der Waals surface area contributed by atoms with Gasteiger partial charge in [0.2, 0.25) is 5.95 Å². The number of nitrogens with zero attached hydrogens (tertiary/aromatic N) is 7. The molecule has 42 heavy (non-hydrogen) atoms. The molecule has 0 saturated carbocycles. The molecule has 2 fully saturated rings. The summed E-state index contributed by atoms with van der Waals surface area (Å²) in [6.45, 7) is -6.06. The molecule has 0 bridgehead atoms. The maximum atomic E-state index is 15.3. The first kappa shape index (κ1) is 28.7. The Kier molecular flexibility index (Phi) is 7.33. The molecule has 4 aromatic rings. The summed E-state index contributed by atoms with van der Waals surface area (Å²) in [6.07, 6.45) is -11.6. The average Bonchev–Trinajstić information content (AvgIpc) is 3.69. The average molecular weight is 634 g/mol. The zero-order valence-electron chi connectivity index (χ0n) is 20.8. The first-order valence-electron chi connectivity index (χ1n) is 12.0. The zero-order valence-corrected chi connectivity index (χ0v) is 22.6. The van der Waals surface area contributed by atoms with Crippen LogP contribution < -0.4 is 16.9 Å². The summed E-state index contributed by atoms with van der Waals surface area (Å²) in [5, 5.41) is 27.3. The molecular formula is C19H21F2N10O9PS. The Bertz CT molecular complexity index is 1800. The number of nitrogens with one attached hydrogen (secondary N) is 2. The smallest absolute Gasteiger partial charge is 0.386 e. The number of imidazole rings is 1. The highest BCUT2D eigenvalue weighted by Crippen LogP contribution is 2.57. The molecule has 4 aromatic heterocycles. The quantitative estimate of drug-likeness (QED) is 0.0951. The van der Waals surface area contributed by atoms with E-state index in [9.17, 15) is 24.4 Å². The number of fused-ring (bicyclic) bond motifs is 2. The van der Waals surface area contributed by atoms with E-state index >= 15 is 8.78 Å². The molecule has 9 atom stereocenters. The Morgan fingerprint density at radius 3 is 2.64 bits per heavy atom. The fourth-order valence-electron chi connectivity index (χ4n) is 4.65. The lowest BCUT2D eigenvalue weighted by atomic mass is 10.1. The van der Waals surface area contributed by atoms with Crippen LogP contribution in [0.2, 0.25) is 0 Å². The number of alkyl halides is 2. The third kappa shape index (κ3) is 4.88. The van der Waals surface area contributed by atoms with Crippen LogP contribution in [0.1, 0.15) is 12.5 Å². The molecule has 6 rings (SSSR count). The van der Waals surface area contributed by atoms with Crippen LogP contribution >= 0.6 is 19.0 Å². The van der Waals surface area contributed by atoms with Gasteiger partial charge in [-0.25, -0.2) is 23.3 Å². The molecule has 0 radical (unpaired) electrons. The first-order valence-corrected chi connectivity index (χ1v) is 14.7. The summed E-state index contributed by atoms with van der Waals surface area (Å²) < 4.78 is 67.0. The number of rotatable bonds is 8. The maximum Gasteiger partial charge on any atom is 0.386 e. The van der Waals surface area contributed by atoms with Gasteiger partial charge in [-0.3, -0.25) is 28.2 Å². The van der Waals surface area contributed by atoms with Gasteiger partial charge in [0.05, 0.1) is 25.9 Å². The van der Waals surface area contributed by atoms with Crippen molar-refractivity contribution in [3.05, 3.63) is 33.4 Å². The van der Waals surface area contributed by atoms with E-state index in [1.54, 1.807) is 0 Å². The molecule has 0 spiro atoms. The standard InChI is InChI=1S/C19H21F2N10O9PS/c20-7-5(1-32)38-18(30-4-25-9-14(30)26-19(22)27-16(9)35)12(7)40-41(36,42)37-2-6-11(33)8(21)17(39-6)31-13-10(28-29-31)15(34)24-3-23-13/h3-8,11-12,17-18,32-33H,1-2H2,(H,36,42)(H,23,24,34)(H3,22,26,27,35)/t5-,6-,7-,8+,11-,12-,17-,18-,41?/m1/s1. The van der Waals surface area contributed by atoms with Gasteiger partial charge in [-0.2, -0.15) is 9.67 Å². The second-order valence-corrected chi connectivity index (χ2v) is 12.1. The van der Waals surface area contributed by atoms with Crippen molar-refractivity contribution in [3.63, 3.8) is 0 Å². The normalized spacial score (nSPS) is 31.3. The summed E-state index contributed by atoms with van der Waals surface area (Å²) in [5.41, 5.74) is 3.69. The van der Waals surface area contributed by atoms with Gasteiger partial charge in [0, 0.05) is 0 Å². The van der Waals surface area contributed by atoms with Crippen LogP contribution in [0.15, 0.2) is 22.2 Å². The number of nitrogens with two attached hydrogens (primary N) is 1. The summed E-state index contributed by atoms with van der Waals surface area (Å²) in [6, 6.07) is 0. The molecule has 0 amide bonds. The number of halogens is 2. The fourth-order valence-corrected chi connectivity index (χ4v) is 6.10. The molecule has 6 N–H and O–H groups in total. The second kappa shape index (κ2) is 10.7. The van der Waals surface area contributed by atoms with E-state index in [0.717, 1.165) is 21.9 Å². The van der Waals surface area contributed by atoms with Crippen molar-refractivity contribution < 1.29 is 42.1 Å². The van der Waals surface area contributed by atoms with Gasteiger partial charge in [-0.1, -0.05) is 17.5 Å². The Hall–Kier alpha value is -3.37. The highest BCUT2D eigenvalue weighted by Gasteiger charge is 2.51. The summed E-state index contributed by atoms with van der Waals surface area (Å²) >= 11 is 3.88. The Morgan fingerprint density at radius 1 is 1.12 bits per heavy atom. The number of hydrogen-bond acceptors (Lipinski definition) is 15. The van der Waals surface area contributed by atoms with E-state index in [1.165, 1.54) is 0 Å². The largest absolute Gasteiger partial charge is 0.394 e. The van der Waals surface area contributed by atoms with E-state index in [-0.39, 0.29) is 28.3 Å².